The second kappa shape index (κ2) is 6.25. The number of phenolic OH excluding ortho intramolecular Hbond substituents is 1. The van der Waals surface area contributed by atoms with Crippen LogP contribution in [-0.2, 0) is 0 Å². The molecule has 0 radical (unpaired) electrons. The SMILES string of the molecule is Cc1cc2oc3c(c(=O)c2cc1C)C(c1ccc(O)cc1)N(c1nncs1)C3=O. The van der Waals surface area contributed by atoms with Gasteiger partial charge >= 0.3 is 0 Å². The van der Waals surface area contributed by atoms with Crippen molar-refractivity contribution in [1.82, 2.24) is 10.2 Å². The number of benzene rings is 2. The Balaban J connectivity index is 1.84. The number of nitrogens with zero attached hydrogens (tertiary/aromatic N) is 3. The summed E-state index contributed by atoms with van der Waals surface area (Å²) in [6, 6.07) is 9.26. The Bertz CT molecular complexity index is 1330. The fraction of sp³-hybridized carbons (Fsp3) is 0.143. The molecular formula is C21H15N3O4S. The summed E-state index contributed by atoms with van der Waals surface area (Å²) in [5.41, 5.74) is 4.54. The van der Waals surface area contributed by atoms with Crippen LogP contribution in [0.1, 0.15) is 38.9 Å². The highest BCUT2D eigenvalue weighted by molar-refractivity contribution is 7.13. The van der Waals surface area contributed by atoms with Gasteiger partial charge in [0.05, 0.1) is 17.0 Å². The van der Waals surface area contributed by atoms with E-state index in [4.69, 9.17) is 4.42 Å². The van der Waals surface area contributed by atoms with E-state index in [1.807, 2.05) is 13.8 Å². The Labute approximate surface area is 168 Å². The number of carbonyl (C=O) groups is 1. The first-order valence-electron chi connectivity index (χ1n) is 8.92. The molecule has 0 spiro atoms. The zero-order valence-corrected chi connectivity index (χ0v) is 16.4. The minimum absolute atomic E-state index is 0.0130. The first-order chi connectivity index (χ1) is 14.0. The van der Waals surface area contributed by atoms with Crippen LogP contribution in [0.3, 0.4) is 0 Å². The summed E-state index contributed by atoms with van der Waals surface area (Å²) in [5.74, 6) is -0.330. The van der Waals surface area contributed by atoms with Gasteiger partial charge in [0.25, 0.3) is 5.91 Å². The maximum absolute atomic E-state index is 13.5. The van der Waals surface area contributed by atoms with Crippen LogP contribution in [0.25, 0.3) is 11.0 Å². The van der Waals surface area contributed by atoms with Crippen LogP contribution in [0.2, 0.25) is 0 Å². The van der Waals surface area contributed by atoms with E-state index in [1.165, 1.54) is 33.9 Å². The highest BCUT2D eigenvalue weighted by atomic mass is 32.1. The number of phenols is 1. The van der Waals surface area contributed by atoms with Gasteiger partial charge in [-0.25, -0.2) is 0 Å². The van der Waals surface area contributed by atoms with Gasteiger partial charge in [0.1, 0.15) is 16.8 Å². The molecule has 1 unspecified atom stereocenters. The number of aryl methyl sites for hydroxylation is 2. The van der Waals surface area contributed by atoms with Crippen molar-refractivity contribution < 1.29 is 14.3 Å². The Morgan fingerprint density at radius 1 is 1.10 bits per heavy atom. The van der Waals surface area contributed by atoms with Crippen molar-refractivity contribution in [3.05, 3.63) is 80.1 Å². The van der Waals surface area contributed by atoms with Crippen LogP contribution in [0.15, 0.2) is 51.1 Å². The van der Waals surface area contributed by atoms with Crippen molar-refractivity contribution in [2.45, 2.75) is 19.9 Å². The molecule has 0 bridgehead atoms. The Morgan fingerprint density at radius 3 is 2.52 bits per heavy atom. The van der Waals surface area contributed by atoms with Gasteiger partial charge in [-0.2, -0.15) is 0 Å². The van der Waals surface area contributed by atoms with Crippen LogP contribution >= 0.6 is 11.3 Å². The maximum Gasteiger partial charge on any atom is 0.297 e. The summed E-state index contributed by atoms with van der Waals surface area (Å²) in [5, 5.41) is 18.3. The molecular weight excluding hydrogens is 390 g/mol. The number of carbonyl (C=O) groups excluding carboxylic acids is 1. The average Bonchev–Trinajstić information content (AvgIpc) is 3.31. The van der Waals surface area contributed by atoms with Crippen LogP contribution < -0.4 is 10.3 Å². The second-order valence-corrected chi connectivity index (χ2v) is 7.81. The number of hydrogen-bond donors (Lipinski definition) is 1. The standard InChI is InChI=1S/C21H15N3O4S/c1-10-7-14-15(8-11(10)2)28-19-16(18(14)26)17(12-3-5-13(25)6-4-12)24(20(19)27)21-23-22-9-29-21/h3-9,17,25H,1-2H3. The molecule has 1 aliphatic rings. The molecule has 2 aromatic carbocycles. The van der Waals surface area contributed by atoms with Gasteiger partial charge in [-0.05, 0) is 54.8 Å². The number of fused-ring (bicyclic) bond motifs is 2. The van der Waals surface area contributed by atoms with E-state index in [0.29, 0.717) is 21.7 Å². The van der Waals surface area contributed by atoms with E-state index >= 15 is 0 Å². The fourth-order valence-electron chi connectivity index (χ4n) is 3.67. The van der Waals surface area contributed by atoms with E-state index in [2.05, 4.69) is 10.2 Å². The molecule has 0 saturated heterocycles. The first kappa shape index (κ1) is 17.6. The normalized spacial score (nSPS) is 15.9. The van der Waals surface area contributed by atoms with Crippen molar-refractivity contribution in [2.24, 2.45) is 0 Å². The number of rotatable bonds is 2. The lowest BCUT2D eigenvalue weighted by molar-refractivity contribution is 0.0970. The summed E-state index contributed by atoms with van der Waals surface area (Å²) in [4.78, 5) is 28.2. The van der Waals surface area contributed by atoms with Crippen molar-refractivity contribution in [1.29, 1.82) is 0 Å². The van der Waals surface area contributed by atoms with Crippen LogP contribution in [-0.4, -0.2) is 21.2 Å². The Hall–Kier alpha value is -3.52. The zero-order valence-electron chi connectivity index (χ0n) is 15.5. The molecule has 1 atom stereocenters. The third kappa shape index (κ3) is 2.56. The van der Waals surface area contributed by atoms with E-state index in [-0.39, 0.29) is 22.5 Å². The van der Waals surface area contributed by atoms with Gasteiger partial charge in [-0.15, -0.1) is 10.2 Å². The summed E-state index contributed by atoms with van der Waals surface area (Å²) in [7, 11) is 0. The smallest absolute Gasteiger partial charge is 0.297 e. The summed E-state index contributed by atoms with van der Waals surface area (Å²) in [6.45, 7) is 3.86. The molecule has 4 aromatic rings. The summed E-state index contributed by atoms with van der Waals surface area (Å²) in [6.07, 6.45) is 0. The highest BCUT2D eigenvalue weighted by Crippen LogP contribution is 2.41. The minimum atomic E-state index is -0.715. The Morgan fingerprint density at radius 2 is 1.83 bits per heavy atom. The largest absolute Gasteiger partial charge is 0.508 e. The molecule has 0 saturated carbocycles. The van der Waals surface area contributed by atoms with Gasteiger partial charge < -0.3 is 9.52 Å². The van der Waals surface area contributed by atoms with E-state index in [0.717, 1.165) is 11.1 Å². The van der Waals surface area contributed by atoms with Gasteiger partial charge in [-0.3, -0.25) is 14.5 Å². The van der Waals surface area contributed by atoms with Gasteiger partial charge in [0, 0.05) is 0 Å². The molecule has 1 aliphatic heterocycles. The third-order valence-electron chi connectivity index (χ3n) is 5.25. The van der Waals surface area contributed by atoms with Crippen molar-refractivity contribution in [2.75, 3.05) is 4.90 Å². The topological polar surface area (TPSA) is 96.5 Å². The molecule has 8 heteroatoms. The molecule has 0 fully saturated rings. The van der Waals surface area contributed by atoms with E-state index < -0.39 is 11.9 Å². The third-order valence-corrected chi connectivity index (χ3v) is 5.94. The molecule has 2 aromatic heterocycles. The molecule has 0 aliphatic carbocycles. The minimum Gasteiger partial charge on any atom is -0.508 e. The molecule has 144 valence electrons. The fourth-order valence-corrected chi connectivity index (χ4v) is 4.25. The molecule has 1 amide bonds. The van der Waals surface area contributed by atoms with Crippen molar-refractivity contribution in [3.63, 3.8) is 0 Å². The molecule has 29 heavy (non-hydrogen) atoms. The quantitative estimate of drug-likeness (QED) is 0.546. The molecule has 1 N–H and O–H groups in total. The summed E-state index contributed by atoms with van der Waals surface area (Å²) >= 11 is 1.20. The predicted molar refractivity (Wildman–Crippen MR) is 109 cm³/mol. The number of aromatic nitrogens is 2. The van der Waals surface area contributed by atoms with Gasteiger partial charge in [-0.1, -0.05) is 23.5 Å². The molecule has 3 heterocycles. The lowest BCUT2D eigenvalue weighted by atomic mass is 9.97. The van der Waals surface area contributed by atoms with Crippen molar-refractivity contribution in [3.8, 4) is 5.75 Å². The highest BCUT2D eigenvalue weighted by Gasteiger charge is 2.45. The number of anilines is 1. The number of amides is 1. The van der Waals surface area contributed by atoms with Crippen LogP contribution in [0.4, 0.5) is 5.13 Å². The Kier molecular flexibility index (Phi) is 3.78. The second-order valence-electron chi connectivity index (χ2n) is 7.00. The van der Waals surface area contributed by atoms with Crippen LogP contribution in [0.5, 0.6) is 5.75 Å². The van der Waals surface area contributed by atoms with Gasteiger partial charge in [0.15, 0.2) is 5.43 Å². The molecule has 5 rings (SSSR count). The number of hydrogen-bond acceptors (Lipinski definition) is 7. The average molecular weight is 405 g/mol. The lowest BCUT2D eigenvalue weighted by Gasteiger charge is -2.22. The van der Waals surface area contributed by atoms with E-state index in [9.17, 15) is 14.7 Å². The van der Waals surface area contributed by atoms with Crippen LogP contribution in [0, 0.1) is 13.8 Å². The predicted octanol–water partition coefficient (Wildman–Crippen LogP) is 3.72. The van der Waals surface area contributed by atoms with Crippen molar-refractivity contribution >= 4 is 33.3 Å². The molecule has 7 nitrogen and oxygen atoms in total. The monoisotopic (exact) mass is 405 g/mol. The first-order valence-corrected chi connectivity index (χ1v) is 9.80. The summed E-state index contributed by atoms with van der Waals surface area (Å²) < 4.78 is 5.95. The lowest BCUT2D eigenvalue weighted by Crippen LogP contribution is -2.29. The van der Waals surface area contributed by atoms with Gasteiger partial charge in [0.2, 0.25) is 10.9 Å². The zero-order chi connectivity index (χ0) is 20.3. The number of aromatic hydroxyl groups is 1. The maximum atomic E-state index is 13.5. The van der Waals surface area contributed by atoms with E-state index in [1.54, 1.807) is 24.3 Å².